The minimum Gasteiger partial charge on any atom is -0.458 e. The Morgan fingerprint density at radius 1 is 1.19 bits per heavy atom. The number of para-hydroxylation sites is 1. The first-order valence-electron chi connectivity index (χ1n) is 9.85. The molecule has 2 unspecified atom stereocenters. The lowest BCUT2D eigenvalue weighted by Gasteiger charge is -2.27. The molecule has 4 amide bonds. The highest BCUT2D eigenvalue weighted by Gasteiger charge is 2.52. The van der Waals surface area contributed by atoms with E-state index in [1.807, 2.05) is 18.2 Å². The number of hydrogen-bond acceptors (Lipinski definition) is 4. The van der Waals surface area contributed by atoms with Crippen LogP contribution in [0, 0.1) is 5.82 Å². The van der Waals surface area contributed by atoms with E-state index in [9.17, 15) is 18.8 Å². The van der Waals surface area contributed by atoms with Crippen LogP contribution in [0.15, 0.2) is 59.0 Å². The molecule has 0 spiro atoms. The van der Waals surface area contributed by atoms with E-state index in [1.165, 1.54) is 17.0 Å². The van der Waals surface area contributed by atoms with Gasteiger partial charge in [-0.25, -0.2) is 9.18 Å². The Morgan fingerprint density at radius 3 is 2.55 bits per heavy atom. The molecule has 1 saturated heterocycles. The van der Waals surface area contributed by atoms with E-state index in [0.717, 1.165) is 15.8 Å². The molecule has 0 bridgehead atoms. The lowest BCUT2D eigenvalue weighted by atomic mass is 9.99. The fourth-order valence-corrected chi connectivity index (χ4v) is 3.66. The Hall–Kier alpha value is -3.68. The van der Waals surface area contributed by atoms with Crippen LogP contribution in [0.2, 0.25) is 0 Å². The first kappa shape index (κ1) is 20.6. The van der Waals surface area contributed by atoms with Crippen molar-refractivity contribution in [3.8, 4) is 0 Å². The van der Waals surface area contributed by atoms with Crippen molar-refractivity contribution in [3.63, 3.8) is 0 Å². The van der Waals surface area contributed by atoms with E-state index in [2.05, 4.69) is 5.32 Å². The summed E-state index contributed by atoms with van der Waals surface area (Å²) in [6.07, 6.45) is 0. The molecule has 0 saturated carbocycles. The molecular weight excluding hydrogens is 401 g/mol. The summed E-state index contributed by atoms with van der Waals surface area (Å²) in [5.74, 6) is -1.05. The molecule has 1 aliphatic heterocycles. The molecule has 1 aromatic heterocycles. The Bertz CT molecular complexity index is 1140. The van der Waals surface area contributed by atoms with Crippen LogP contribution < -0.4 is 5.32 Å². The number of nitrogens with one attached hydrogen (secondary N) is 1. The zero-order valence-electron chi connectivity index (χ0n) is 17.4. The largest absolute Gasteiger partial charge is 0.458 e. The third-order valence-corrected chi connectivity index (χ3v) is 5.81. The maximum atomic E-state index is 13.2. The molecular formula is C23H22FN3O4. The maximum absolute atomic E-state index is 13.2. The number of amides is 4. The average Bonchev–Trinajstić information content (AvgIpc) is 3.29. The molecule has 31 heavy (non-hydrogen) atoms. The van der Waals surface area contributed by atoms with E-state index < -0.39 is 29.9 Å². The smallest absolute Gasteiger partial charge is 0.325 e. The highest BCUT2D eigenvalue weighted by molar-refractivity contribution is 6.09. The number of likely N-dealkylation sites (N-methyl/N-ethyl adjacent to an activating group) is 1. The van der Waals surface area contributed by atoms with Gasteiger partial charge in [0, 0.05) is 12.4 Å². The number of benzene rings is 2. The number of urea groups is 1. The highest BCUT2D eigenvalue weighted by Crippen LogP contribution is 2.33. The molecule has 0 radical (unpaired) electrons. The zero-order chi connectivity index (χ0) is 22.3. The summed E-state index contributed by atoms with van der Waals surface area (Å²) in [7, 11) is 1.58. The SMILES string of the molecule is CC(c1ccc(F)cc1)N(C)C(=O)CN1C(=O)NC(C)(c2cc3ccccc3o2)C1=O. The molecule has 160 valence electrons. The molecule has 1 aliphatic rings. The number of hydrogen-bond donors (Lipinski definition) is 1. The van der Waals surface area contributed by atoms with E-state index in [4.69, 9.17) is 4.42 Å². The van der Waals surface area contributed by atoms with Crippen molar-refractivity contribution in [2.45, 2.75) is 25.4 Å². The second-order valence-electron chi connectivity index (χ2n) is 7.83. The van der Waals surface area contributed by atoms with Gasteiger partial charge in [0.15, 0.2) is 5.54 Å². The first-order valence-corrected chi connectivity index (χ1v) is 9.85. The van der Waals surface area contributed by atoms with E-state index >= 15 is 0 Å². The number of carbonyl (C=O) groups is 3. The van der Waals surface area contributed by atoms with Crippen molar-refractivity contribution in [1.29, 1.82) is 0 Å². The van der Waals surface area contributed by atoms with E-state index in [0.29, 0.717) is 11.3 Å². The van der Waals surface area contributed by atoms with Crippen LogP contribution in [-0.2, 0) is 15.1 Å². The third-order valence-electron chi connectivity index (χ3n) is 5.81. The summed E-state index contributed by atoms with van der Waals surface area (Å²) in [6.45, 7) is 2.93. The minimum atomic E-state index is -1.41. The van der Waals surface area contributed by atoms with Crippen molar-refractivity contribution in [2.24, 2.45) is 0 Å². The van der Waals surface area contributed by atoms with E-state index in [-0.39, 0.29) is 11.9 Å². The van der Waals surface area contributed by atoms with Crippen LogP contribution in [0.3, 0.4) is 0 Å². The predicted molar refractivity (Wildman–Crippen MR) is 111 cm³/mol. The van der Waals surface area contributed by atoms with Gasteiger partial charge in [0.25, 0.3) is 5.91 Å². The number of imide groups is 1. The molecule has 8 heteroatoms. The zero-order valence-corrected chi connectivity index (χ0v) is 17.4. The quantitative estimate of drug-likeness (QED) is 0.636. The number of furan rings is 1. The van der Waals surface area contributed by atoms with Crippen LogP contribution in [0.1, 0.15) is 31.2 Å². The van der Waals surface area contributed by atoms with Crippen molar-refractivity contribution < 1.29 is 23.2 Å². The number of carbonyl (C=O) groups excluding carboxylic acids is 3. The fraction of sp³-hybridized carbons (Fsp3) is 0.261. The topological polar surface area (TPSA) is 82.9 Å². The van der Waals surface area contributed by atoms with Crippen molar-refractivity contribution in [3.05, 3.63) is 71.7 Å². The highest BCUT2D eigenvalue weighted by atomic mass is 19.1. The van der Waals surface area contributed by atoms with E-state index in [1.54, 1.807) is 45.2 Å². The average molecular weight is 423 g/mol. The van der Waals surface area contributed by atoms with Gasteiger partial charge in [-0.1, -0.05) is 30.3 Å². The van der Waals surface area contributed by atoms with Gasteiger partial charge in [-0.3, -0.25) is 14.5 Å². The first-order chi connectivity index (χ1) is 14.7. The summed E-state index contributed by atoms with van der Waals surface area (Å²) in [4.78, 5) is 40.8. The molecule has 1 N–H and O–H groups in total. The standard InChI is InChI=1S/C23H22FN3O4/c1-14(15-8-10-17(24)11-9-15)26(3)20(28)13-27-21(29)23(2,25-22(27)30)19-12-16-6-4-5-7-18(16)31-19/h4-12,14H,13H2,1-3H3,(H,25,30). The van der Waals surface area contributed by atoms with Crippen LogP contribution in [0.5, 0.6) is 0 Å². The molecule has 7 nitrogen and oxygen atoms in total. The molecule has 1 fully saturated rings. The summed E-state index contributed by atoms with van der Waals surface area (Å²) in [5, 5.41) is 3.46. The predicted octanol–water partition coefficient (Wildman–Crippen LogP) is 3.56. The molecule has 2 heterocycles. The minimum absolute atomic E-state index is 0.301. The van der Waals surface area contributed by atoms with Crippen LogP contribution in [0.4, 0.5) is 9.18 Å². The van der Waals surface area contributed by atoms with Gasteiger partial charge in [-0.05, 0) is 43.7 Å². The lowest BCUT2D eigenvalue weighted by Crippen LogP contribution is -2.44. The third kappa shape index (κ3) is 3.54. The fourth-order valence-electron chi connectivity index (χ4n) is 3.66. The second-order valence-corrected chi connectivity index (χ2v) is 7.83. The molecule has 4 rings (SSSR count). The molecule has 2 aromatic carbocycles. The monoisotopic (exact) mass is 423 g/mol. The maximum Gasteiger partial charge on any atom is 0.325 e. The van der Waals surface area contributed by atoms with Gasteiger partial charge in [0.2, 0.25) is 5.91 Å². The Morgan fingerprint density at radius 2 is 1.87 bits per heavy atom. The number of halogens is 1. The van der Waals surface area contributed by atoms with Gasteiger partial charge in [0.1, 0.15) is 23.7 Å². The Kier molecular flexibility index (Phi) is 5.00. The molecule has 2 atom stereocenters. The van der Waals surface area contributed by atoms with Crippen LogP contribution in [0.25, 0.3) is 11.0 Å². The number of nitrogens with zero attached hydrogens (tertiary/aromatic N) is 2. The van der Waals surface area contributed by atoms with Gasteiger partial charge in [-0.15, -0.1) is 0 Å². The normalized spacial score (nSPS) is 19.5. The van der Waals surface area contributed by atoms with Crippen LogP contribution >= 0.6 is 0 Å². The van der Waals surface area contributed by atoms with Crippen LogP contribution in [-0.4, -0.2) is 41.2 Å². The summed E-state index contributed by atoms with van der Waals surface area (Å²) < 4.78 is 19.0. The Balaban J connectivity index is 1.52. The molecule has 3 aromatic rings. The summed E-state index contributed by atoms with van der Waals surface area (Å²) >= 11 is 0. The van der Waals surface area contributed by atoms with Crippen molar-refractivity contribution in [1.82, 2.24) is 15.1 Å². The van der Waals surface area contributed by atoms with Gasteiger partial charge >= 0.3 is 6.03 Å². The molecule has 0 aliphatic carbocycles. The second kappa shape index (κ2) is 7.54. The summed E-state index contributed by atoms with van der Waals surface area (Å²) in [6, 6.07) is 13.8. The number of fused-ring (bicyclic) bond motifs is 1. The van der Waals surface area contributed by atoms with Gasteiger partial charge in [-0.2, -0.15) is 0 Å². The van der Waals surface area contributed by atoms with Gasteiger partial charge in [0.05, 0.1) is 6.04 Å². The van der Waals surface area contributed by atoms with Crippen molar-refractivity contribution >= 4 is 28.8 Å². The lowest BCUT2D eigenvalue weighted by molar-refractivity contribution is -0.139. The van der Waals surface area contributed by atoms with Crippen molar-refractivity contribution in [2.75, 3.05) is 13.6 Å². The number of rotatable bonds is 5. The summed E-state index contributed by atoms with van der Waals surface area (Å²) in [5.41, 5.74) is -0.0675. The Labute approximate surface area is 178 Å². The van der Waals surface area contributed by atoms with Gasteiger partial charge < -0.3 is 14.6 Å².